The van der Waals surface area contributed by atoms with Gasteiger partial charge in [0.25, 0.3) is 0 Å². The first-order valence-corrected chi connectivity index (χ1v) is 10.7. The van der Waals surface area contributed by atoms with Gasteiger partial charge in [0.15, 0.2) is 11.5 Å². The summed E-state index contributed by atoms with van der Waals surface area (Å²) < 4.78 is 1.64. The standard InChI is InChI=1S/C22H22ClN7O2/c1-14-12-28(15-4-5-17(23)18(31)11-15)9-10-29(14)19(32)13-30-22-16(3-2-6-26-22)20(27-30)21-24-7-8-25-21/h2-8,11,14,31H,9-10,12-13H2,1H3,(H,24,25)/t14-/m0/s1. The second kappa shape index (κ2) is 8.16. The van der Waals surface area contributed by atoms with Gasteiger partial charge in [-0.3, -0.25) is 4.79 Å². The maximum atomic E-state index is 13.2. The summed E-state index contributed by atoms with van der Waals surface area (Å²) in [5, 5.41) is 15.7. The molecule has 0 saturated carbocycles. The van der Waals surface area contributed by atoms with Gasteiger partial charge in [0.2, 0.25) is 5.91 Å². The molecular formula is C22H22ClN7O2. The van der Waals surface area contributed by atoms with E-state index in [1.807, 2.05) is 30.0 Å². The number of nitrogens with one attached hydrogen (secondary N) is 1. The molecule has 2 N–H and O–H groups in total. The van der Waals surface area contributed by atoms with Crippen LogP contribution in [0.4, 0.5) is 5.69 Å². The van der Waals surface area contributed by atoms with Crippen LogP contribution in [0, 0.1) is 0 Å². The van der Waals surface area contributed by atoms with E-state index in [4.69, 9.17) is 11.6 Å². The van der Waals surface area contributed by atoms with Crippen LogP contribution in [-0.2, 0) is 11.3 Å². The number of piperazine rings is 1. The average Bonchev–Trinajstić information content (AvgIpc) is 3.44. The molecule has 32 heavy (non-hydrogen) atoms. The first-order chi connectivity index (χ1) is 15.5. The largest absolute Gasteiger partial charge is 0.506 e. The van der Waals surface area contributed by atoms with Crippen LogP contribution >= 0.6 is 11.6 Å². The number of phenolic OH excluding ortho intramolecular Hbond substituents is 1. The number of amides is 1. The summed E-state index contributed by atoms with van der Waals surface area (Å²) in [4.78, 5) is 29.0. The number of nitrogens with zero attached hydrogens (tertiary/aromatic N) is 6. The number of carbonyl (C=O) groups excluding carboxylic acids is 1. The SMILES string of the molecule is C[C@H]1CN(c2ccc(Cl)c(O)c2)CCN1C(=O)Cn1nc(-c2ncc[nH]2)c2cccnc21. The minimum absolute atomic E-state index is 0.00611. The molecule has 5 rings (SSSR count). The number of pyridine rings is 1. The van der Waals surface area contributed by atoms with Gasteiger partial charge in [-0.25, -0.2) is 14.6 Å². The number of hydrogen-bond acceptors (Lipinski definition) is 6. The highest BCUT2D eigenvalue weighted by molar-refractivity contribution is 6.32. The average molecular weight is 452 g/mol. The molecule has 0 aliphatic carbocycles. The van der Waals surface area contributed by atoms with Crippen LogP contribution in [0.2, 0.25) is 5.02 Å². The predicted octanol–water partition coefficient (Wildman–Crippen LogP) is 2.92. The number of hydrogen-bond donors (Lipinski definition) is 2. The van der Waals surface area contributed by atoms with E-state index < -0.39 is 0 Å². The first kappa shape index (κ1) is 20.3. The number of fused-ring (bicyclic) bond motifs is 1. The lowest BCUT2D eigenvalue weighted by atomic mass is 10.1. The van der Waals surface area contributed by atoms with Crippen LogP contribution in [0.3, 0.4) is 0 Å². The summed E-state index contributed by atoms with van der Waals surface area (Å²) in [5.41, 5.74) is 2.21. The number of aromatic hydroxyl groups is 1. The Hall–Kier alpha value is -3.59. The normalized spacial score (nSPS) is 16.6. The van der Waals surface area contributed by atoms with E-state index in [9.17, 15) is 9.90 Å². The van der Waals surface area contributed by atoms with Crippen molar-refractivity contribution in [2.75, 3.05) is 24.5 Å². The molecular weight excluding hydrogens is 430 g/mol. The molecule has 4 heterocycles. The second-order valence-corrected chi connectivity index (χ2v) is 8.24. The number of imidazole rings is 1. The lowest BCUT2D eigenvalue weighted by molar-refractivity contribution is -0.134. The molecule has 1 saturated heterocycles. The first-order valence-electron chi connectivity index (χ1n) is 10.4. The summed E-state index contributed by atoms with van der Waals surface area (Å²) in [6.45, 7) is 4.00. The number of benzene rings is 1. The topological polar surface area (TPSA) is 103 Å². The quantitative estimate of drug-likeness (QED) is 0.494. The number of halogens is 1. The van der Waals surface area contributed by atoms with Crippen LogP contribution in [-0.4, -0.2) is 66.3 Å². The number of aromatic nitrogens is 5. The van der Waals surface area contributed by atoms with Gasteiger partial charge in [-0.1, -0.05) is 11.6 Å². The molecule has 10 heteroatoms. The molecule has 4 aromatic rings. The molecule has 1 amide bonds. The molecule has 1 fully saturated rings. The number of phenols is 1. The highest BCUT2D eigenvalue weighted by Crippen LogP contribution is 2.30. The Morgan fingerprint density at radius 2 is 2.12 bits per heavy atom. The van der Waals surface area contributed by atoms with E-state index in [2.05, 4.69) is 25.0 Å². The maximum absolute atomic E-state index is 13.2. The molecule has 3 aromatic heterocycles. The summed E-state index contributed by atoms with van der Waals surface area (Å²) in [6, 6.07) is 8.98. The van der Waals surface area contributed by atoms with Gasteiger partial charge in [0, 0.05) is 56.0 Å². The van der Waals surface area contributed by atoms with Gasteiger partial charge in [-0.2, -0.15) is 5.10 Å². The van der Waals surface area contributed by atoms with Crippen molar-refractivity contribution in [3.8, 4) is 17.3 Å². The molecule has 1 aliphatic heterocycles. The van der Waals surface area contributed by atoms with Crippen LogP contribution < -0.4 is 4.90 Å². The molecule has 0 radical (unpaired) electrons. The van der Waals surface area contributed by atoms with Crippen molar-refractivity contribution in [2.45, 2.75) is 19.5 Å². The van der Waals surface area contributed by atoms with E-state index in [-0.39, 0.29) is 24.2 Å². The monoisotopic (exact) mass is 451 g/mol. The molecule has 1 atom stereocenters. The van der Waals surface area contributed by atoms with Crippen molar-refractivity contribution in [1.82, 2.24) is 29.6 Å². The summed E-state index contributed by atoms with van der Waals surface area (Å²) in [7, 11) is 0. The molecule has 1 aromatic carbocycles. The van der Waals surface area contributed by atoms with Gasteiger partial charge in [-0.15, -0.1) is 0 Å². The van der Waals surface area contributed by atoms with Crippen molar-refractivity contribution < 1.29 is 9.90 Å². The Bertz CT molecular complexity index is 1270. The Balaban J connectivity index is 1.34. The third-order valence-corrected chi connectivity index (χ3v) is 6.08. The number of rotatable bonds is 4. The smallest absolute Gasteiger partial charge is 0.244 e. The van der Waals surface area contributed by atoms with E-state index in [1.54, 1.807) is 35.4 Å². The summed E-state index contributed by atoms with van der Waals surface area (Å²) in [6.07, 6.45) is 5.10. The fraction of sp³-hybridized carbons (Fsp3) is 0.273. The van der Waals surface area contributed by atoms with Gasteiger partial charge < -0.3 is 19.9 Å². The van der Waals surface area contributed by atoms with Crippen LogP contribution in [0.15, 0.2) is 48.9 Å². The van der Waals surface area contributed by atoms with Gasteiger partial charge in [-0.05, 0) is 31.2 Å². The highest BCUT2D eigenvalue weighted by Gasteiger charge is 2.29. The Kier molecular flexibility index (Phi) is 5.18. The number of carbonyl (C=O) groups is 1. The third-order valence-electron chi connectivity index (χ3n) is 5.76. The zero-order valence-corrected chi connectivity index (χ0v) is 18.2. The van der Waals surface area contributed by atoms with Crippen molar-refractivity contribution in [2.24, 2.45) is 0 Å². The van der Waals surface area contributed by atoms with Gasteiger partial charge in [0.05, 0.1) is 10.4 Å². The van der Waals surface area contributed by atoms with Crippen LogP contribution in [0.25, 0.3) is 22.6 Å². The Morgan fingerprint density at radius 1 is 1.25 bits per heavy atom. The summed E-state index contributed by atoms with van der Waals surface area (Å²) in [5.74, 6) is 0.681. The fourth-order valence-corrected chi connectivity index (χ4v) is 4.29. The molecule has 0 bridgehead atoms. The van der Waals surface area contributed by atoms with E-state index >= 15 is 0 Å². The Labute approximate surface area is 189 Å². The Morgan fingerprint density at radius 3 is 2.88 bits per heavy atom. The zero-order chi connectivity index (χ0) is 22.2. The van der Waals surface area contributed by atoms with Crippen LogP contribution in [0.1, 0.15) is 6.92 Å². The van der Waals surface area contributed by atoms with Gasteiger partial charge in [0.1, 0.15) is 18.0 Å². The van der Waals surface area contributed by atoms with Crippen molar-refractivity contribution in [3.05, 3.63) is 53.9 Å². The molecule has 0 spiro atoms. The molecule has 0 unspecified atom stereocenters. The molecule has 1 aliphatic rings. The van der Waals surface area contributed by atoms with Crippen LogP contribution in [0.5, 0.6) is 5.75 Å². The summed E-state index contributed by atoms with van der Waals surface area (Å²) >= 11 is 5.93. The molecule has 164 valence electrons. The number of aromatic amines is 1. The van der Waals surface area contributed by atoms with E-state index in [0.29, 0.717) is 41.8 Å². The van der Waals surface area contributed by atoms with Crippen molar-refractivity contribution >= 4 is 34.2 Å². The van der Waals surface area contributed by atoms with Gasteiger partial charge >= 0.3 is 0 Å². The third kappa shape index (κ3) is 3.64. The fourth-order valence-electron chi connectivity index (χ4n) is 4.17. The lowest BCUT2D eigenvalue weighted by Crippen LogP contribution is -2.54. The van der Waals surface area contributed by atoms with Crippen molar-refractivity contribution in [1.29, 1.82) is 0 Å². The zero-order valence-electron chi connectivity index (χ0n) is 17.4. The predicted molar refractivity (Wildman–Crippen MR) is 122 cm³/mol. The van der Waals surface area contributed by atoms with E-state index in [0.717, 1.165) is 11.1 Å². The number of anilines is 1. The molecule has 9 nitrogen and oxygen atoms in total. The maximum Gasteiger partial charge on any atom is 0.244 e. The minimum atomic E-state index is -0.0165. The van der Waals surface area contributed by atoms with Crippen molar-refractivity contribution in [3.63, 3.8) is 0 Å². The lowest BCUT2D eigenvalue weighted by Gasteiger charge is -2.41. The van der Waals surface area contributed by atoms with E-state index in [1.165, 1.54) is 0 Å². The number of H-pyrrole nitrogens is 1. The minimum Gasteiger partial charge on any atom is -0.506 e. The highest BCUT2D eigenvalue weighted by atomic mass is 35.5. The second-order valence-electron chi connectivity index (χ2n) is 7.84.